The third kappa shape index (κ3) is 2.41. The number of rotatable bonds is 5. The van der Waals surface area contributed by atoms with Gasteiger partial charge in [-0.25, -0.2) is 0 Å². The van der Waals surface area contributed by atoms with Gasteiger partial charge in [-0.15, -0.1) is 6.58 Å². The Morgan fingerprint density at radius 2 is 2.28 bits per heavy atom. The molecule has 2 bridgehead atoms. The topological polar surface area (TPSA) is 18.5 Å². The summed E-state index contributed by atoms with van der Waals surface area (Å²) in [5, 5.41) is 0. The molecule has 3 heteroatoms. The van der Waals surface area contributed by atoms with Gasteiger partial charge in [0.25, 0.3) is 0 Å². The molecule has 0 aromatic heterocycles. The van der Waals surface area contributed by atoms with Crippen molar-refractivity contribution in [1.29, 1.82) is 0 Å². The van der Waals surface area contributed by atoms with Crippen molar-refractivity contribution in [3.05, 3.63) is 24.8 Å². The molecule has 4 unspecified atom stereocenters. The summed E-state index contributed by atoms with van der Waals surface area (Å²) in [4.78, 5) is 0. The number of halogens is 1. The molecule has 0 aromatic carbocycles. The quantitative estimate of drug-likeness (QED) is 0.319. The Hall–Kier alpha value is 0.130. The van der Waals surface area contributed by atoms with E-state index in [1.165, 1.54) is 18.4 Å². The molecule has 0 amide bonds. The molecule has 4 atom stereocenters. The van der Waals surface area contributed by atoms with E-state index in [0.29, 0.717) is 24.7 Å². The van der Waals surface area contributed by atoms with Crippen molar-refractivity contribution in [3.8, 4) is 0 Å². The molecule has 2 aliphatic rings. The van der Waals surface area contributed by atoms with Crippen LogP contribution >= 0.6 is 22.6 Å². The number of methoxy groups -OCH3 is 1. The minimum absolute atomic E-state index is 0.194. The Morgan fingerprint density at radius 1 is 1.50 bits per heavy atom. The summed E-state index contributed by atoms with van der Waals surface area (Å²) in [5.74, 6) is 1.16. The first-order valence-electron chi connectivity index (χ1n) is 6.63. The molecule has 0 saturated heterocycles. The summed E-state index contributed by atoms with van der Waals surface area (Å²) in [6.45, 7) is 8.69. The van der Waals surface area contributed by atoms with Gasteiger partial charge in [-0.3, -0.25) is 0 Å². The second-order valence-corrected chi connectivity index (χ2v) is 6.43. The van der Waals surface area contributed by atoms with Gasteiger partial charge in [0, 0.05) is 17.0 Å². The summed E-state index contributed by atoms with van der Waals surface area (Å²) in [6, 6.07) is 0. The lowest BCUT2D eigenvalue weighted by molar-refractivity contribution is -0.168. The van der Waals surface area contributed by atoms with Crippen LogP contribution in [0.3, 0.4) is 0 Å². The maximum atomic E-state index is 6.06. The van der Waals surface area contributed by atoms with Crippen LogP contribution in [0, 0.1) is 17.3 Å². The van der Waals surface area contributed by atoms with Crippen LogP contribution in [-0.2, 0) is 9.47 Å². The van der Waals surface area contributed by atoms with Gasteiger partial charge >= 0.3 is 0 Å². The van der Waals surface area contributed by atoms with Crippen LogP contribution < -0.4 is 0 Å². The molecule has 2 rings (SSSR count). The van der Waals surface area contributed by atoms with Crippen molar-refractivity contribution in [2.75, 3.05) is 18.3 Å². The highest BCUT2D eigenvalue weighted by molar-refractivity contribution is 14.1. The molecule has 2 aliphatic carbocycles. The molecular weight excluding hydrogens is 339 g/mol. The van der Waals surface area contributed by atoms with Gasteiger partial charge in [0.15, 0.2) is 0 Å². The molecule has 0 aromatic rings. The van der Waals surface area contributed by atoms with E-state index in [-0.39, 0.29) is 5.41 Å². The smallest absolute Gasteiger partial charge is 0.146 e. The van der Waals surface area contributed by atoms with E-state index >= 15 is 0 Å². The van der Waals surface area contributed by atoms with Crippen LogP contribution in [0.25, 0.3) is 0 Å². The number of allylic oxidation sites excluding steroid dienone is 2. The molecule has 0 N–H and O–H groups in total. The molecule has 0 aliphatic heterocycles. The molecule has 18 heavy (non-hydrogen) atoms. The minimum Gasteiger partial charge on any atom is -0.359 e. The predicted molar refractivity (Wildman–Crippen MR) is 82.9 cm³/mol. The van der Waals surface area contributed by atoms with Gasteiger partial charge in [-0.05, 0) is 37.5 Å². The second kappa shape index (κ2) is 6.06. The minimum atomic E-state index is 0.194. The lowest BCUT2D eigenvalue weighted by Gasteiger charge is -2.55. The highest BCUT2D eigenvalue weighted by Gasteiger charge is 2.53. The number of hydrogen-bond donors (Lipinski definition) is 0. The number of fused-ring (bicyclic) bond motifs is 2. The third-order valence-electron chi connectivity index (χ3n) is 4.61. The summed E-state index contributed by atoms with van der Waals surface area (Å²) < 4.78 is 12.3. The fourth-order valence-electron chi connectivity index (χ4n) is 3.88. The van der Waals surface area contributed by atoms with E-state index < -0.39 is 0 Å². The van der Waals surface area contributed by atoms with E-state index in [4.69, 9.17) is 9.47 Å². The first kappa shape index (κ1) is 14.5. The second-order valence-electron chi connectivity index (χ2n) is 5.67. The Labute approximate surface area is 124 Å². The number of hydrogen-bond acceptors (Lipinski definition) is 2. The molecule has 2 nitrogen and oxygen atoms in total. The zero-order chi connectivity index (χ0) is 13.2. The molecule has 102 valence electrons. The Bertz CT molecular complexity index is 328. The molecule has 0 radical (unpaired) electrons. The average molecular weight is 362 g/mol. The highest BCUT2D eigenvalue weighted by atomic mass is 127. The van der Waals surface area contributed by atoms with Crippen molar-refractivity contribution in [2.24, 2.45) is 17.3 Å². The number of alkyl halides is 1. The summed E-state index contributed by atoms with van der Waals surface area (Å²) in [5.41, 5.74) is 1.58. The Balaban J connectivity index is 2.29. The predicted octanol–water partition coefficient (Wildman–Crippen LogP) is 3.96. The normalized spacial score (nSPS) is 39.7. The lowest BCUT2D eigenvalue weighted by Crippen LogP contribution is -2.54. The van der Waals surface area contributed by atoms with Crippen molar-refractivity contribution in [3.63, 3.8) is 0 Å². The fourth-order valence-corrected chi connectivity index (χ4v) is 5.15. The van der Waals surface area contributed by atoms with Crippen LogP contribution in [0.15, 0.2) is 24.8 Å². The van der Waals surface area contributed by atoms with Gasteiger partial charge < -0.3 is 9.47 Å². The summed E-state index contributed by atoms with van der Waals surface area (Å²) in [6.07, 6.45) is 7.11. The van der Waals surface area contributed by atoms with Crippen LogP contribution in [-0.4, -0.2) is 24.4 Å². The first-order valence-corrected chi connectivity index (χ1v) is 8.16. The van der Waals surface area contributed by atoms with Crippen molar-refractivity contribution in [1.82, 2.24) is 0 Å². The third-order valence-corrected chi connectivity index (χ3v) is 6.03. The van der Waals surface area contributed by atoms with Crippen LogP contribution in [0.5, 0.6) is 0 Å². The monoisotopic (exact) mass is 362 g/mol. The zero-order valence-corrected chi connectivity index (χ0v) is 13.3. The van der Waals surface area contributed by atoms with Crippen molar-refractivity contribution >= 4 is 22.6 Å². The maximum absolute atomic E-state index is 6.06. The summed E-state index contributed by atoms with van der Waals surface area (Å²) in [7, 11) is 1.69. The maximum Gasteiger partial charge on any atom is 0.146 e. The lowest BCUT2D eigenvalue weighted by atomic mass is 9.55. The van der Waals surface area contributed by atoms with Gasteiger partial charge in [0.05, 0.1) is 6.10 Å². The van der Waals surface area contributed by atoms with Crippen molar-refractivity contribution < 1.29 is 9.47 Å². The highest BCUT2D eigenvalue weighted by Crippen LogP contribution is 2.56. The van der Waals surface area contributed by atoms with Crippen molar-refractivity contribution in [2.45, 2.75) is 31.8 Å². The molecule has 0 spiro atoms. The molecule has 2 saturated carbocycles. The molecule has 0 heterocycles. The van der Waals surface area contributed by atoms with Gasteiger partial charge in [0.1, 0.15) is 6.79 Å². The largest absolute Gasteiger partial charge is 0.359 e. The van der Waals surface area contributed by atoms with Crippen LogP contribution in [0.2, 0.25) is 0 Å². The van der Waals surface area contributed by atoms with E-state index in [0.717, 1.165) is 17.3 Å². The van der Waals surface area contributed by atoms with E-state index in [9.17, 15) is 0 Å². The van der Waals surface area contributed by atoms with Crippen LogP contribution in [0.1, 0.15) is 25.7 Å². The first-order chi connectivity index (χ1) is 8.67. The summed E-state index contributed by atoms with van der Waals surface area (Å²) >= 11 is 2.51. The Morgan fingerprint density at radius 3 is 2.89 bits per heavy atom. The van der Waals surface area contributed by atoms with Crippen LogP contribution in [0.4, 0.5) is 0 Å². The molecule has 2 fully saturated rings. The average Bonchev–Trinajstić information content (AvgIpc) is 2.36. The van der Waals surface area contributed by atoms with E-state index in [2.05, 4.69) is 41.8 Å². The standard InChI is InChI=1S/C15H23IO2/c1-4-13-6-5-12-7-11(2)8-15(13,9-16)14(12)18-10-17-3/h4,12-14H,1-2,5-10H2,3H3. The Kier molecular flexibility index (Phi) is 4.89. The van der Waals surface area contributed by atoms with E-state index in [1.807, 2.05) is 0 Å². The van der Waals surface area contributed by atoms with Gasteiger partial charge in [-0.1, -0.05) is 40.8 Å². The number of ether oxygens (including phenoxy) is 2. The van der Waals surface area contributed by atoms with E-state index in [1.54, 1.807) is 7.11 Å². The van der Waals surface area contributed by atoms with Gasteiger partial charge in [-0.2, -0.15) is 0 Å². The molecular formula is C15H23IO2. The SMILES string of the molecule is C=CC1CCC2CC(=C)CC1(CI)C2OCOC. The fraction of sp³-hybridized carbons (Fsp3) is 0.733. The van der Waals surface area contributed by atoms with Gasteiger partial charge in [0.2, 0.25) is 0 Å². The zero-order valence-electron chi connectivity index (χ0n) is 11.2.